The third-order valence-electron chi connectivity index (χ3n) is 6.52. The van der Waals surface area contributed by atoms with Crippen molar-refractivity contribution in [2.75, 3.05) is 25.0 Å². The first kappa shape index (κ1) is 29.2. The summed E-state index contributed by atoms with van der Waals surface area (Å²) in [4.78, 5) is 46.1. The SMILES string of the molecule is CCOC(=O)CC(NC(=O)CNC(=O)CCCNc1cc(C)ccn1)c1ccc(-c2cccc3cccnc23)cc1. The number of amides is 2. The van der Waals surface area contributed by atoms with Crippen molar-refractivity contribution >= 4 is 34.5 Å². The number of hydrogen-bond acceptors (Lipinski definition) is 7. The fourth-order valence-electron chi connectivity index (χ4n) is 4.48. The zero-order valence-electron chi connectivity index (χ0n) is 23.4. The summed E-state index contributed by atoms with van der Waals surface area (Å²) in [5.74, 6) is -0.273. The van der Waals surface area contributed by atoms with Gasteiger partial charge in [0.05, 0.1) is 31.1 Å². The Morgan fingerprint density at radius 2 is 1.73 bits per heavy atom. The van der Waals surface area contributed by atoms with Crippen LogP contribution in [0.15, 0.2) is 79.1 Å². The molecule has 0 radical (unpaired) electrons. The molecule has 2 amide bonds. The topological polar surface area (TPSA) is 122 Å². The van der Waals surface area contributed by atoms with Crippen molar-refractivity contribution in [1.82, 2.24) is 20.6 Å². The van der Waals surface area contributed by atoms with Crippen molar-refractivity contribution in [3.05, 3.63) is 90.3 Å². The molecule has 0 saturated heterocycles. The third-order valence-corrected chi connectivity index (χ3v) is 6.52. The molecule has 0 fully saturated rings. The number of pyridine rings is 2. The Balaban J connectivity index is 1.33. The van der Waals surface area contributed by atoms with Crippen LogP contribution in [0.3, 0.4) is 0 Å². The van der Waals surface area contributed by atoms with E-state index in [2.05, 4.69) is 25.9 Å². The van der Waals surface area contributed by atoms with Gasteiger partial charge in [-0.05, 0) is 55.2 Å². The Morgan fingerprint density at radius 3 is 2.51 bits per heavy atom. The second kappa shape index (κ2) is 14.6. The largest absolute Gasteiger partial charge is 0.466 e. The summed E-state index contributed by atoms with van der Waals surface area (Å²) >= 11 is 0. The maximum atomic E-state index is 12.7. The number of anilines is 1. The van der Waals surface area contributed by atoms with E-state index in [1.807, 2.05) is 73.7 Å². The number of ether oxygens (including phenoxy) is 1. The first-order valence-electron chi connectivity index (χ1n) is 13.7. The summed E-state index contributed by atoms with van der Waals surface area (Å²) in [5.41, 5.74) is 4.72. The van der Waals surface area contributed by atoms with Crippen molar-refractivity contribution in [3.63, 3.8) is 0 Å². The van der Waals surface area contributed by atoms with Gasteiger partial charge < -0.3 is 20.7 Å². The second-order valence-corrected chi connectivity index (χ2v) is 9.66. The van der Waals surface area contributed by atoms with Gasteiger partial charge in [0, 0.05) is 36.3 Å². The van der Waals surface area contributed by atoms with Crippen molar-refractivity contribution in [2.45, 2.75) is 39.2 Å². The number of para-hydroxylation sites is 1. The highest BCUT2D eigenvalue weighted by Gasteiger charge is 2.20. The number of hydrogen-bond donors (Lipinski definition) is 3. The maximum Gasteiger partial charge on any atom is 0.308 e. The van der Waals surface area contributed by atoms with Gasteiger partial charge in [-0.2, -0.15) is 0 Å². The normalized spacial score (nSPS) is 11.5. The van der Waals surface area contributed by atoms with Gasteiger partial charge in [-0.15, -0.1) is 0 Å². The van der Waals surface area contributed by atoms with Crippen LogP contribution in [-0.4, -0.2) is 47.4 Å². The minimum Gasteiger partial charge on any atom is -0.466 e. The molecule has 3 N–H and O–H groups in total. The molecule has 1 unspecified atom stereocenters. The molecule has 0 spiro atoms. The summed E-state index contributed by atoms with van der Waals surface area (Å²) in [5, 5.41) is 9.76. The van der Waals surface area contributed by atoms with Gasteiger partial charge in [0.15, 0.2) is 0 Å². The van der Waals surface area contributed by atoms with E-state index in [4.69, 9.17) is 4.74 Å². The van der Waals surface area contributed by atoms with Gasteiger partial charge in [0.1, 0.15) is 5.82 Å². The Morgan fingerprint density at radius 1 is 0.927 bits per heavy atom. The summed E-state index contributed by atoms with van der Waals surface area (Å²) < 4.78 is 5.13. The van der Waals surface area contributed by atoms with Gasteiger partial charge in [-0.25, -0.2) is 4.98 Å². The molecule has 1 atom stereocenters. The van der Waals surface area contributed by atoms with E-state index >= 15 is 0 Å². The van der Waals surface area contributed by atoms with Crippen LogP contribution in [0, 0.1) is 6.92 Å². The molecule has 0 aliphatic carbocycles. The minimum absolute atomic E-state index is 0.0264. The zero-order chi connectivity index (χ0) is 29.0. The molecule has 41 heavy (non-hydrogen) atoms. The Bertz CT molecular complexity index is 1480. The lowest BCUT2D eigenvalue weighted by molar-refractivity contribution is -0.144. The maximum absolute atomic E-state index is 12.7. The summed E-state index contributed by atoms with van der Waals surface area (Å²) in [6, 6.07) is 20.9. The van der Waals surface area contributed by atoms with Crippen molar-refractivity contribution in [2.24, 2.45) is 0 Å². The van der Waals surface area contributed by atoms with E-state index in [1.54, 1.807) is 19.3 Å². The van der Waals surface area contributed by atoms with Gasteiger partial charge in [0.2, 0.25) is 11.8 Å². The van der Waals surface area contributed by atoms with Crippen LogP contribution in [0.1, 0.15) is 43.4 Å². The van der Waals surface area contributed by atoms with Crippen LogP contribution >= 0.6 is 0 Å². The molecule has 4 aromatic rings. The van der Waals surface area contributed by atoms with Crippen LogP contribution in [0.4, 0.5) is 5.82 Å². The molecule has 4 rings (SSSR count). The number of carbonyl (C=O) groups excluding carboxylic acids is 3. The third kappa shape index (κ3) is 8.60. The quantitative estimate of drug-likeness (QED) is 0.162. The van der Waals surface area contributed by atoms with Crippen LogP contribution in [0.2, 0.25) is 0 Å². The number of esters is 1. The molecule has 9 heteroatoms. The molecule has 0 saturated carbocycles. The summed E-state index contributed by atoms with van der Waals surface area (Å²) in [6.45, 7) is 4.37. The number of aryl methyl sites for hydroxylation is 1. The average Bonchev–Trinajstić information content (AvgIpc) is 2.98. The monoisotopic (exact) mass is 553 g/mol. The minimum atomic E-state index is -0.607. The number of nitrogens with zero attached hydrogens (tertiary/aromatic N) is 2. The number of benzene rings is 2. The van der Waals surface area contributed by atoms with Crippen LogP contribution < -0.4 is 16.0 Å². The van der Waals surface area contributed by atoms with Gasteiger partial charge in [-0.3, -0.25) is 19.4 Å². The lowest BCUT2D eigenvalue weighted by Gasteiger charge is -2.19. The van der Waals surface area contributed by atoms with E-state index in [1.165, 1.54) is 0 Å². The van der Waals surface area contributed by atoms with E-state index in [9.17, 15) is 14.4 Å². The highest BCUT2D eigenvalue weighted by atomic mass is 16.5. The number of aromatic nitrogens is 2. The summed E-state index contributed by atoms with van der Waals surface area (Å²) in [6.07, 6.45) is 4.33. The van der Waals surface area contributed by atoms with Gasteiger partial charge in [-0.1, -0.05) is 48.5 Å². The van der Waals surface area contributed by atoms with E-state index < -0.39 is 17.9 Å². The van der Waals surface area contributed by atoms with Crippen molar-refractivity contribution in [3.8, 4) is 11.1 Å². The zero-order valence-corrected chi connectivity index (χ0v) is 23.4. The molecular formula is C32H35N5O4. The smallest absolute Gasteiger partial charge is 0.308 e. The predicted octanol–water partition coefficient (Wildman–Crippen LogP) is 4.72. The number of carbonyl (C=O) groups is 3. The molecule has 212 valence electrons. The van der Waals surface area contributed by atoms with Crippen LogP contribution in [-0.2, 0) is 19.1 Å². The first-order valence-corrected chi connectivity index (χ1v) is 13.7. The van der Waals surface area contributed by atoms with Crippen molar-refractivity contribution < 1.29 is 19.1 Å². The van der Waals surface area contributed by atoms with E-state index in [-0.39, 0.29) is 31.9 Å². The Kier molecular flexibility index (Phi) is 10.4. The molecule has 2 aromatic heterocycles. The standard InChI is InChI=1S/C32H35N5O4/c1-3-41-31(40)20-27(24-13-11-23(12-14-24)26-9-4-7-25-8-5-17-35-32(25)26)37-30(39)21-36-29(38)10-6-16-33-28-19-22(2)15-18-34-28/h4-5,7-9,11-15,17-19,27H,3,6,10,16,20-21H2,1-2H3,(H,33,34)(H,36,38)(H,37,39). The Hall–Kier alpha value is -4.79. The lowest BCUT2D eigenvalue weighted by Crippen LogP contribution is -2.39. The molecule has 0 bridgehead atoms. The Labute approximate surface area is 239 Å². The molecule has 0 aliphatic heterocycles. The first-order chi connectivity index (χ1) is 19.9. The molecule has 9 nitrogen and oxygen atoms in total. The van der Waals surface area contributed by atoms with E-state index in [0.717, 1.165) is 39.0 Å². The molecular weight excluding hydrogens is 518 g/mol. The average molecular weight is 554 g/mol. The van der Waals surface area contributed by atoms with Crippen LogP contribution in [0.5, 0.6) is 0 Å². The van der Waals surface area contributed by atoms with Gasteiger partial charge >= 0.3 is 5.97 Å². The molecule has 0 aliphatic rings. The number of fused-ring (bicyclic) bond motifs is 1. The van der Waals surface area contributed by atoms with Crippen molar-refractivity contribution in [1.29, 1.82) is 0 Å². The highest BCUT2D eigenvalue weighted by Crippen LogP contribution is 2.28. The lowest BCUT2D eigenvalue weighted by atomic mass is 9.97. The predicted molar refractivity (Wildman–Crippen MR) is 159 cm³/mol. The fourth-order valence-corrected chi connectivity index (χ4v) is 4.48. The fraction of sp³-hybridized carbons (Fsp3) is 0.281. The molecule has 2 aromatic carbocycles. The summed E-state index contributed by atoms with van der Waals surface area (Å²) in [7, 11) is 0. The molecule has 2 heterocycles. The van der Waals surface area contributed by atoms with E-state index in [0.29, 0.717) is 13.0 Å². The number of nitrogens with one attached hydrogen (secondary N) is 3. The second-order valence-electron chi connectivity index (χ2n) is 9.66. The van der Waals surface area contributed by atoms with Gasteiger partial charge in [0.25, 0.3) is 0 Å². The number of rotatable bonds is 13. The highest BCUT2D eigenvalue weighted by molar-refractivity contribution is 5.93. The van der Waals surface area contributed by atoms with Crippen LogP contribution in [0.25, 0.3) is 22.0 Å².